The number of piperazine rings is 1. The predicted molar refractivity (Wildman–Crippen MR) is 106 cm³/mol. The Morgan fingerprint density at radius 3 is 2.62 bits per heavy atom. The summed E-state index contributed by atoms with van der Waals surface area (Å²) in [5, 5.41) is 5.05. The first-order valence-corrected chi connectivity index (χ1v) is 10.0. The van der Waals surface area contributed by atoms with Crippen LogP contribution in [0.1, 0.15) is 28.2 Å². The molecular formula is C20H27N3O2S. The maximum Gasteiger partial charge on any atom is 0.261 e. The summed E-state index contributed by atoms with van der Waals surface area (Å²) in [6.07, 6.45) is 0. The van der Waals surface area contributed by atoms with Gasteiger partial charge in [0.15, 0.2) is 0 Å². The molecule has 0 spiro atoms. The Morgan fingerprint density at radius 2 is 1.96 bits per heavy atom. The third kappa shape index (κ3) is 4.44. The van der Waals surface area contributed by atoms with Gasteiger partial charge in [0.2, 0.25) is 0 Å². The number of nitrogens with one attached hydrogen (secondary N) is 1. The molecule has 1 atom stereocenters. The van der Waals surface area contributed by atoms with Crippen molar-refractivity contribution in [3.8, 4) is 5.75 Å². The fourth-order valence-corrected chi connectivity index (χ4v) is 4.09. The van der Waals surface area contributed by atoms with Crippen molar-refractivity contribution in [3.63, 3.8) is 0 Å². The number of ether oxygens (including phenoxy) is 1. The summed E-state index contributed by atoms with van der Waals surface area (Å²) in [7, 11) is 1.70. The highest BCUT2D eigenvalue weighted by Gasteiger charge is 2.27. The molecule has 1 aliphatic heterocycles. The first-order chi connectivity index (χ1) is 12.7. The SMILES string of the molecule is CCN1CCN(C(CNC(=O)c2cccs2)c2ccccc2OC)CC1. The first kappa shape index (κ1) is 18.9. The second kappa shape index (κ2) is 9.16. The van der Waals surface area contributed by atoms with Gasteiger partial charge in [-0.05, 0) is 24.1 Å². The van der Waals surface area contributed by atoms with Crippen molar-refractivity contribution in [2.75, 3.05) is 46.4 Å². The van der Waals surface area contributed by atoms with Gasteiger partial charge in [-0.1, -0.05) is 31.2 Å². The van der Waals surface area contributed by atoms with Gasteiger partial charge in [0.1, 0.15) is 5.75 Å². The second-order valence-electron chi connectivity index (χ2n) is 6.42. The average molecular weight is 374 g/mol. The number of rotatable bonds is 7. The van der Waals surface area contributed by atoms with Gasteiger partial charge < -0.3 is 15.0 Å². The van der Waals surface area contributed by atoms with E-state index in [-0.39, 0.29) is 11.9 Å². The molecule has 26 heavy (non-hydrogen) atoms. The number of carbonyl (C=O) groups is 1. The molecule has 140 valence electrons. The van der Waals surface area contributed by atoms with E-state index in [2.05, 4.69) is 28.1 Å². The molecule has 6 heteroatoms. The summed E-state index contributed by atoms with van der Waals surface area (Å²) >= 11 is 1.47. The molecule has 2 aromatic rings. The highest BCUT2D eigenvalue weighted by molar-refractivity contribution is 7.12. The van der Waals surface area contributed by atoms with E-state index in [1.807, 2.05) is 35.7 Å². The third-order valence-electron chi connectivity index (χ3n) is 4.99. The number of amides is 1. The van der Waals surface area contributed by atoms with Gasteiger partial charge in [0, 0.05) is 38.3 Å². The van der Waals surface area contributed by atoms with E-state index < -0.39 is 0 Å². The van der Waals surface area contributed by atoms with Crippen molar-refractivity contribution < 1.29 is 9.53 Å². The number of benzene rings is 1. The lowest BCUT2D eigenvalue weighted by Crippen LogP contribution is -2.49. The highest BCUT2D eigenvalue weighted by Crippen LogP contribution is 2.29. The maximum absolute atomic E-state index is 12.4. The van der Waals surface area contributed by atoms with E-state index in [4.69, 9.17) is 4.74 Å². The van der Waals surface area contributed by atoms with Gasteiger partial charge in [-0.15, -0.1) is 11.3 Å². The summed E-state index contributed by atoms with van der Waals surface area (Å²) in [5.74, 6) is 0.868. The van der Waals surface area contributed by atoms with Crippen molar-refractivity contribution in [1.29, 1.82) is 0 Å². The molecule has 5 nitrogen and oxygen atoms in total. The zero-order valence-electron chi connectivity index (χ0n) is 15.5. The fraction of sp³-hybridized carbons (Fsp3) is 0.450. The van der Waals surface area contributed by atoms with Gasteiger partial charge in [0.25, 0.3) is 5.91 Å². The molecule has 1 aliphatic rings. The van der Waals surface area contributed by atoms with E-state index in [0.717, 1.165) is 48.9 Å². The minimum atomic E-state index is -0.00732. The van der Waals surface area contributed by atoms with Gasteiger partial charge in [-0.3, -0.25) is 9.69 Å². The van der Waals surface area contributed by atoms with Crippen molar-refractivity contribution in [2.45, 2.75) is 13.0 Å². The van der Waals surface area contributed by atoms with Crippen molar-refractivity contribution in [1.82, 2.24) is 15.1 Å². The fourth-order valence-electron chi connectivity index (χ4n) is 3.45. The molecule has 1 saturated heterocycles. The van der Waals surface area contributed by atoms with Crippen LogP contribution in [-0.2, 0) is 0 Å². The lowest BCUT2D eigenvalue weighted by Gasteiger charge is -2.39. The predicted octanol–water partition coefficient (Wildman–Crippen LogP) is 2.87. The van der Waals surface area contributed by atoms with E-state index in [0.29, 0.717) is 6.54 Å². The van der Waals surface area contributed by atoms with Crippen LogP contribution in [0.2, 0.25) is 0 Å². The summed E-state index contributed by atoms with van der Waals surface area (Å²) in [6.45, 7) is 7.96. The number of nitrogens with zero attached hydrogens (tertiary/aromatic N) is 2. The molecule has 1 aromatic heterocycles. The molecule has 3 rings (SSSR count). The van der Waals surface area contributed by atoms with Crippen LogP contribution in [0.15, 0.2) is 41.8 Å². The standard InChI is InChI=1S/C20H27N3O2S/c1-3-22-10-12-23(13-11-22)17(16-7-4-5-8-18(16)25-2)15-21-20(24)19-9-6-14-26-19/h4-9,14,17H,3,10-13,15H2,1-2H3,(H,21,24). The van der Waals surface area contributed by atoms with Gasteiger partial charge in [0.05, 0.1) is 18.0 Å². The van der Waals surface area contributed by atoms with Gasteiger partial charge in [-0.25, -0.2) is 0 Å². The largest absolute Gasteiger partial charge is 0.496 e. The Hall–Kier alpha value is -1.89. The lowest BCUT2D eigenvalue weighted by molar-refractivity contribution is 0.0853. The van der Waals surface area contributed by atoms with E-state index >= 15 is 0 Å². The zero-order chi connectivity index (χ0) is 18.4. The number of para-hydroxylation sites is 1. The highest BCUT2D eigenvalue weighted by atomic mass is 32.1. The topological polar surface area (TPSA) is 44.8 Å². The van der Waals surface area contributed by atoms with Gasteiger partial charge in [-0.2, -0.15) is 0 Å². The molecule has 0 bridgehead atoms. The van der Waals surface area contributed by atoms with Crippen molar-refractivity contribution in [3.05, 3.63) is 52.2 Å². The Kier molecular flexibility index (Phi) is 6.66. The summed E-state index contributed by atoms with van der Waals surface area (Å²) in [4.78, 5) is 18.1. The van der Waals surface area contributed by atoms with E-state index in [1.54, 1.807) is 7.11 Å². The van der Waals surface area contributed by atoms with Crippen LogP contribution in [0, 0.1) is 0 Å². The molecule has 2 heterocycles. The van der Waals surface area contributed by atoms with Crippen LogP contribution >= 0.6 is 11.3 Å². The van der Waals surface area contributed by atoms with Gasteiger partial charge >= 0.3 is 0 Å². The molecule has 0 aliphatic carbocycles. The first-order valence-electron chi connectivity index (χ1n) is 9.14. The zero-order valence-corrected chi connectivity index (χ0v) is 16.3. The van der Waals surface area contributed by atoms with E-state index in [9.17, 15) is 4.79 Å². The van der Waals surface area contributed by atoms with Crippen LogP contribution in [0.4, 0.5) is 0 Å². The van der Waals surface area contributed by atoms with Crippen molar-refractivity contribution >= 4 is 17.2 Å². The second-order valence-corrected chi connectivity index (χ2v) is 7.36. The number of likely N-dealkylation sites (N-methyl/N-ethyl adjacent to an activating group) is 1. The maximum atomic E-state index is 12.4. The Labute approximate surface area is 159 Å². The minimum Gasteiger partial charge on any atom is -0.496 e. The van der Waals surface area contributed by atoms with Crippen LogP contribution in [0.3, 0.4) is 0 Å². The smallest absolute Gasteiger partial charge is 0.261 e. The van der Waals surface area contributed by atoms with Crippen LogP contribution in [0.5, 0.6) is 5.75 Å². The average Bonchev–Trinajstić information content (AvgIpc) is 3.24. The molecule has 0 radical (unpaired) electrons. The van der Waals surface area contributed by atoms with Crippen LogP contribution in [-0.4, -0.2) is 62.1 Å². The number of thiophene rings is 1. The molecule has 0 saturated carbocycles. The normalized spacial score (nSPS) is 17.0. The third-order valence-corrected chi connectivity index (χ3v) is 5.86. The van der Waals surface area contributed by atoms with Crippen LogP contribution in [0.25, 0.3) is 0 Å². The Bertz CT molecular complexity index is 697. The molecule has 1 amide bonds. The Morgan fingerprint density at radius 1 is 1.19 bits per heavy atom. The summed E-state index contributed by atoms with van der Waals surface area (Å²) < 4.78 is 5.59. The molecule has 1 aromatic carbocycles. The van der Waals surface area contributed by atoms with E-state index in [1.165, 1.54) is 11.3 Å². The molecule has 1 N–H and O–H groups in total. The lowest BCUT2D eigenvalue weighted by atomic mass is 10.0. The number of carbonyl (C=O) groups excluding carboxylic acids is 1. The Balaban J connectivity index is 1.76. The van der Waals surface area contributed by atoms with Crippen molar-refractivity contribution in [2.24, 2.45) is 0 Å². The van der Waals surface area contributed by atoms with Crippen LogP contribution < -0.4 is 10.1 Å². The molecule has 1 unspecified atom stereocenters. The summed E-state index contributed by atoms with van der Waals surface area (Å²) in [6, 6.07) is 12.0. The number of hydrogen-bond donors (Lipinski definition) is 1. The molecular weight excluding hydrogens is 346 g/mol. The number of methoxy groups -OCH3 is 1. The summed E-state index contributed by atoms with van der Waals surface area (Å²) in [5.41, 5.74) is 1.13. The monoisotopic (exact) mass is 373 g/mol. The number of hydrogen-bond acceptors (Lipinski definition) is 5. The quantitative estimate of drug-likeness (QED) is 0.811. The molecule has 1 fully saturated rings. The minimum absolute atomic E-state index is 0.00732.